The van der Waals surface area contributed by atoms with Crippen molar-refractivity contribution in [2.45, 2.75) is 44.2 Å². The second kappa shape index (κ2) is 6.97. The van der Waals surface area contributed by atoms with Crippen molar-refractivity contribution in [2.75, 3.05) is 17.3 Å². The maximum absolute atomic E-state index is 12.0. The molecule has 1 heterocycles. The zero-order valence-corrected chi connectivity index (χ0v) is 12.8. The van der Waals surface area contributed by atoms with Crippen LogP contribution in [0.25, 0.3) is 0 Å². The van der Waals surface area contributed by atoms with Crippen LogP contribution in [0.15, 0.2) is 0 Å². The van der Waals surface area contributed by atoms with Gasteiger partial charge in [0.05, 0.1) is 5.54 Å². The van der Waals surface area contributed by atoms with Gasteiger partial charge in [-0.05, 0) is 25.7 Å². The van der Waals surface area contributed by atoms with Crippen molar-refractivity contribution in [1.82, 2.24) is 5.32 Å². The van der Waals surface area contributed by atoms with Gasteiger partial charge < -0.3 is 10.1 Å². The van der Waals surface area contributed by atoms with E-state index in [1.165, 1.54) is 0 Å². The van der Waals surface area contributed by atoms with Crippen molar-refractivity contribution in [3.63, 3.8) is 0 Å². The van der Waals surface area contributed by atoms with E-state index >= 15 is 0 Å². The Morgan fingerprint density at radius 3 is 2.56 bits per heavy atom. The highest BCUT2D eigenvalue weighted by atomic mass is 79.9. The Morgan fingerprint density at radius 1 is 1.44 bits per heavy atom. The van der Waals surface area contributed by atoms with E-state index in [9.17, 15) is 4.79 Å². The topological polar surface area (TPSA) is 38.3 Å². The standard InChI is InChI=1S/C11H19Br2NO2/c1-2-11(7-12,8-13)14-10(15)9-5-3-4-6-16-9/h9H,2-8H2,1H3,(H,14,15). The molecular weight excluding hydrogens is 338 g/mol. The lowest BCUT2D eigenvalue weighted by Crippen LogP contribution is -2.54. The first-order valence-corrected chi connectivity index (χ1v) is 7.97. The summed E-state index contributed by atoms with van der Waals surface area (Å²) in [5, 5.41) is 4.59. The summed E-state index contributed by atoms with van der Waals surface area (Å²) in [5.41, 5.74) is -0.197. The third-order valence-electron chi connectivity index (χ3n) is 3.05. The number of ether oxygens (including phenoxy) is 1. The minimum Gasteiger partial charge on any atom is -0.368 e. The lowest BCUT2D eigenvalue weighted by atomic mass is 10.0. The molecule has 0 aliphatic carbocycles. The Morgan fingerprint density at radius 2 is 2.12 bits per heavy atom. The van der Waals surface area contributed by atoms with Gasteiger partial charge in [-0.2, -0.15) is 0 Å². The Bertz CT molecular complexity index is 218. The van der Waals surface area contributed by atoms with Crippen LogP contribution >= 0.6 is 31.9 Å². The summed E-state index contributed by atoms with van der Waals surface area (Å²) in [6, 6.07) is 0. The van der Waals surface area contributed by atoms with Gasteiger partial charge in [-0.15, -0.1) is 0 Å². The average molecular weight is 357 g/mol. The predicted octanol–water partition coefficient (Wildman–Crippen LogP) is 2.61. The molecule has 0 bridgehead atoms. The number of carbonyl (C=O) groups is 1. The van der Waals surface area contributed by atoms with Gasteiger partial charge >= 0.3 is 0 Å². The zero-order valence-electron chi connectivity index (χ0n) is 9.60. The van der Waals surface area contributed by atoms with Gasteiger partial charge in [-0.1, -0.05) is 38.8 Å². The summed E-state index contributed by atoms with van der Waals surface area (Å²) in [7, 11) is 0. The lowest BCUT2D eigenvalue weighted by Gasteiger charge is -2.32. The first-order valence-electron chi connectivity index (χ1n) is 5.73. The molecule has 1 saturated heterocycles. The van der Waals surface area contributed by atoms with Crippen molar-refractivity contribution < 1.29 is 9.53 Å². The first-order chi connectivity index (χ1) is 7.67. The van der Waals surface area contributed by atoms with Gasteiger partial charge in [0.2, 0.25) is 5.91 Å². The Labute approximate surface area is 114 Å². The zero-order chi connectivity index (χ0) is 12.0. The van der Waals surface area contributed by atoms with E-state index in [0.29, 0.717) is 6.61 Å². The molecule has 1 amide bonds. The van der Waals surface area contributed by atoms with Crippen molar-refractivity contribution in [3.05, 3.63) is 0 Å². The summed E-state index contributed by atoms with van der Waals surface area (Å²) in [6.07, 6.45) is 3.63. The van der Waals surface area contributed by atoms with E-state index < -0.39 is 0 Å². The van der Waals surface area contributed by atoms with Gasteiger partial charge in [0.15, 0.2) is 0 Å². The van der Waals surface area contributed by atoms with Gasteiger partial charge in [0.25, 0.3) is 0 Å². The summed E-state index contributed by atoms with van der Waals surface area (Å²) >= 11 is 6.92. The fourth-order valence-corrected chi connectivity index (χ4v) is 3.67. The van der Waals surface area contributed by atoms with E-state index in [2.05, 4.69) is 44.1 Å². The highest BCUT2D eigenvalue weighted by Crippen LogP contribution is 2.19. The fourth-order valence-electron chi connectivity index (χ4n) is 1.67. The van der Waals surface area contributed by atoms with Crippen LogP contribution in [0, 0.1) is 0 Å². The van der Waals surface area contributed by atoms with Crippen LogP contribution in [0.5, 0.6) is 0 Å². The van der Waals surface area contributed by atoms with Gasteiger partial charge in [-0.3, -0.25) is 4.79 Å². The van der Waals surface area contributed by atoms with E-state index in [-0.39, 0.29) is 17.6 Å². The van der Waals surface area contributed by atoms with Crippen molar-refractivity contribution in [2.24, 2.45) is 0 Å². The van der Waals surface area contributed by atoms with Crippen LogP contribution in [0.3, 0.4) is 0 Å². The number of hydrogen-bond donors (Lipinski definition) is 1. The molecule has 1 aliphatic heterocycles. The molecule has 16 heavy (non-hydrogen) atoms. The second-order valence-electron chi connectivity index (χ2n) is 4.25. The van der Waals surface area contributed by atoms with Crippen molar-refractivity contribution >= 4 is 37.8 Å². The molecule has 1 atom stereocenters. The highest BCUT2D eigenvalue weighted by Gasteiger charge is 2.31. The molecule has 1 aliphatic rings. The van der Waals surface area contributed by atoms with Gasteiger partial charge in [-0.25, -0.2) is 0 Å². The maximum Gasteiger partial charge on any atom is 0.249 e. The summed E-state index contributed by atoms with van der Waals surface area (Å²) in [5.74, 6) is 0.0282. The normalized spacial score (nSPS) is 21.8. The molecule has 5 heteroatoms. The molecule has 0 spiro atoms. The van der Waals surface area contributed by atoms with E-state index in [4.69, 9.17) is 4.74 Å². The first kappa shape index (κ1) is 14.5. The lowest BCUT2D eigenvalue weighted by molar-refractivity contribution is -0.137. The molecule has 94 valence electrons. The number of nitrogens with one attached hydrogen (secondary N) is 1. The minimum atomic E-state index is -0.252. The predicted molar refractivity (Wildman–Crippen MR) is 72.3 cm³/mol. The molecule has 1 N–H and O–H groups in total. The number of carbonyl (C=O) groups excluding carboxylic acids is 1. The molecule has 1 unspecified atom stereocenters. The van der Waals surface area contributed by atoms with Gasteiger partial charge in [0, 0.05) is 17.3 Å². The molecule has 0 aromatic heterocycles. The van der Waals surface area contributed by atoms with Crippen LogP contribution in [-0.4, -0.2) is 34.8 Å². The Balaban J connectivity index is 2.53. The highest BCUT2D eigenvalue weighted by molar-refractivity contribution is 9.09. The van der Waals surface area contributed by atoms with Crippen molar-refractivity contribution in [1.29, 1.82) is 0 Å². The third-order valence-corrected chi connectivity index (χ3v) is 5.20. The monoisotopic (exact) mass is 355 g/mol. The summed E-state index contributed by atoms with van der Waals surface area (Å²) < 4.78 is 5.48. The molecule has 0 aromatic rings. The maximum atomic E-state index is 12.0. The van der Waals surface area contributed by atoms with Crippen LogP contribution in [0.4, 0.5) is 0 Å². The van der Waals surface area contributed by atoms with Crippen molar-refractivity contribution in [3.8, 4) is 0 Å². The van der Waals surface area contributed by atoms with Gasteiger partial charge in [0.1, 0.15) is 6.10 Å². The number of alkyl halides is 2. The third kappa shape index (κ3) is 3.70. The molecule has 0 saturated carbocycles. The molecular formula is C11H19Br2NO2. The molecule has 3 nitrogen and oxygen atoms in total. The molecule has 1 rings (SSSR count). The molecule has 0 radical (unpaired) electrons. The largest absolute Gasteiger partial charge is 0.368 e. The minimum absolute atomic E-state index is 0.0282. The number of amides is 1. The molecule has 1 fully saturated rings. The van der Waals surface area contributed by atoms with E-state index in [1.807, 2.05) is 0 Å². The second-order valence-corrected chi connectivity index (χ2v) is 5.37. The van der Waals surface area contributed by atoms with Crippen LogP contribution in [0.2, 0.25) is 0 Å². The quantitative estimate of drug-likeness (QED) is 0.769. The Hall–Kier alpha value is 0.390. The van der Waals surface area contributed by atoms with Crippen LogP contribution in [-0.2, 0) is 9.53 Å². The number of halogens is 2. The fraction of sp³-hybridized carbons (Fsp3) is 0.909. The Kier molecular flexibility index (Phi) is 6.29. The van der Waals surface area contributed by atoms with E-state index in [0.717, 1.165) is 36.3 Å². The van der Waals surface area contributed by atoms with Crippen LogP contribution in [0.1, 0.15) is 32.6 Å². The summed E-state index contributed by atoms with van der Waals surface area (Å²) in [6.45, 7) is 2.78. The number of hydrogen-bond acceptors (Lipinski definition) is 2. The van der Waals surface area contributed by atoms with Crippen LogP contribution < -0.4 is 5.32 Å². The molecule has 0 aromatic carbocycles. The summed E-state index contributed by atoms with van der Waals surface area (Å²) in [4.78, 5) is 12.0. The smallest absolute Gasteiger partial charge is 0.249 e. The number of rotatable bonds is 5. The SMILES string of the molecule is CCC(CBr)(CBr)NC(=O)C1CCCCO1. The van der Waals surface area contributed by atoms with E-state index in [1.54, 1.807) is 0 Å². The average Bonchev–Trinajstić information content (AvgIpc) is 2.37.